The van der Waals surface area contributed by atoms with Crippen LogP contribution in [0.3, 0.4) is 0 Å². The monoisotopic (exact) mass is 669 g/mol. The largest absolute Gasteiger partial charge is 5.00 e. The van der Waals surface area contributed by atoms with Gasteiger partial charge in [-0.2, -0.15) is 13.1 Å². The normalized spacial score (nSPS) is 11.0. The van der Waals surface area contributed by atoms with Crippen LogP contribution in [0.5, 0.6) is 0 Å². The summed E-state index contributed by atoms with van der Waals surface area (Å²) in [4.78, 5) is 37.1. The molecule has 1 radical (unpaired) electrons. The molecule has 3 aromatic rings. The molecule has 2 aromatic carbocycles. The van der Waals surface area contributed by atoms with Gasteiger partial charge in [-0.05, 0) is 44.2 Å². The number of hydrogen-bond acceptors (Lipinski definition) is 10. The van der Waals surface area contributed by atoms with Gasteiger partial charge in [0.2, 0.25) is 0 Å². The van der Waals surface area contributed by atoms with E-state index >= 15 is 0 Å². The van der Waals surface area contributed by atoms with Crippen LogP contribution >= 0.6 is 0 Å². The van der Waals surface area contributed by atoms with Gasteiger partial charge in [0.1, 0.15) is 0 Å². The van der Waals surface area contributed by atoms with Crippen LogP contribution in [0, 0.1) is 10.2 Å². The van der Waals surface area contributed by atoms with Crippen molar-refractivity contribution in [2.24, 2.45) is 0 Å². The summed E-state index contributed by atoms with van der Waals surface area (Å²) in [5.74, 6) is -0.858. The van der Waals surface area contributed by atoms with E-state index < -0.39 is 10.2 Å². The summed E-state index contributed by atoms with van der Waals surface area (Å²) in [6.45, 7) is 7.53. The number of halogens is 1. The Morgan fingerprint density at radius 2 is 1.39 bits per heavy atom. The standard InChI is InChI=1S/C19H20N4O.2C5H8O2.ClHO4.Cr/c20-9-12-21-10-4-11-22-19(24)16-7-3-6-15-13-14-5-1-2-8-17(14)23-18(15)16;2*1-4(6)3-5(2)7;2-1(3,4)5;/h1-3,5-8,13,20H,4,9-12H2,(H,22,24);2*3,6H,1-2H3;(H,2,3,4,5);/q-2;;;;+5/p-3/b;2*4-3-;;. The van der Waals surface area contributed by atoms with Gasteiger partial charge < -0.3 is 26.6 Å². The first-order valence-electron chi connectivity index (χ1n) is 12.7. The molecule has 1 heterocycles. The average molecular weight is 670 g/mol. The quantitative estimate of drug-likeness (QED) is 0.124. The molecular formula is C29H34ClCrN4O9. The fourth-order valence-electron chi connectivity index (χ4n) is 3.24. The van der Waals surface area contributed by atoms with Gasteiger partial charge in [0.15, 0.2) is 11.6 Å². The third-order valence-corrected chi connectivity index (χ3v) is 4.65. The first kappa shape index (κ1) is 42.7. The maximum absolute atomic E-state index is 12.5. The van der Waals surface area contributed by atoms with Crippen molar-refractivity contribution in [1.29, 1.82) is 0 Å². The van der Waals surface area contributed by atoms with Gasteiger partial charge in [-0.25, -0.2) is 23.6 Å². The molecule has 0 fully saturated rings. The molecule has 0 saturated heterocycles. The molecule has 13 nitrogen and oxygen atoms in total. The first-order chi connectivity index (χ1) is 20.0. The molecule has 1 amide bonds. The zero-order valence-electron chi connectivity index (χ0n) is 24.7. The fraction of sp³-hybridized carbons (Fsp3) is 0.310. The van der Waals surface area contributed by atoms with Gasteiger partial charge in [0.25, 0.3) is 5.91 Å². The molecular weight excluding hydrogens is 636 g/mol. The maximum atomic E-state index is 12.5. The molecule has 44 heavy (non-hydrogen) atoms. The van der Waals surface area contributed by atoms with Crippen molar-refractivity contribution >= 4 is 39.3 Å². The first-order valence-corrected chi connectivity index (χ1v) is 14.0. The van der Waals surface area contributed by atoms with Gasteiger partial charge in [0.05, 0.1) is 16.6 Å². The Hall–Kier alpha value is -3.42. The summed E-state index contributed by atoms with van der Waals surface area (Å²) in [6, 6.07) is 15.6. The molecule has 15 heteroatoms. The number of aromatic nitrogens is 1. The van der Waals surface area contributed by atoms with E-state index in [1.807, 2.05) is 42.5 Å². The van der Waals surface area contributed by atoms with Crippen LogP contribution in [0.2, 0.25) is 0 Å². The van der Waals surface area contributed by atoms with Crippen molar-refractivity contribution < 1.29 is 70.8 Å². The third-order valence-electron chi connectivity index (χ3n) is 4.65. The minimum Gasteiger partial charge on any atom is -0.876 e. The van der Waals surface area contributed by atoms with Gasteiger partial charge in [-0.3, -0.25) is 14.4 Å². The van der Waals surface area contributed by atoms with Crippen LogP contribution in [-0.2, 0) is 27.0 Å². The number of pyridine rings is 1. The summed E-state index contributed by atoms with van der Waals surface area (Å²) in [6.07, 6.45) is 2.90. The Morgan fingerprint density at radius 3 is 1.86 bits per heavy atom. The number of hydrogen-bond donors (Lipinski definition) is 1. The minimum absolute atomic E-state index is 0. The Kier molecular flexibility index (Phi) is 22.4. The summed E-state index contributed by atoms with van der Waals surface area (Å²) in [5.41, 5.74) is 9.24. The molecule has 2 N–H and O–H groups in total. The minimum atomic E-state index is -4.94. The summed E-state index contributed by atoms with van der Waals surface area (Å²) < 4.78 is 34.0. The van der Waals surface area contributed by atoms with Crippen LogP contribution in [0.1, 0.15) is 44.5 Å². The molecule has 0 aliphatic heterocycles. The second kappa shape index (κ2) is 23.0. The van der Waals surface area contributed by atoms with E-state index in [0.717, 1.165) is 40.4 Å². The Morgan fingerprint density at radius 1 is 0.864 bits per heavy atom. The van der Waals surface area contributed by atoms with Gasteiger partial charge >= 0.3 is 17.4 Å². The fourth-order valence-corrected chi connectivity index (χ4v) is 3.24. The van der Waals surface area contributed by atoms with E-state index in [4.69, 9.17) is 24.4 Å². The average Bonchev–Trinajstić information content (AvgIpc) is 2.87. The topological polar surface area (TPSA) is 252 Å². The number of ketones is 2. The molecule has 3 rings (SSSR count). The van der Waals surface area contributed by atoms with Gasteiger partial charge in [-0.15, -0.1) is 28.3 Å². The second-order valence-electron chi connectivity index (χ2n) is 8.70. The van der Waals surface area contributed by atoms with E-state index in [0.29, 0.717) is 31.7 Å². The Labute approximate surface area is 269 Å². The van der Waals surface area contributed by atoms with E-state index in [-0.39, 0.29) is 46.4 Å². The summed E-state index contributed by atoms with van der Waals surface area (Å²) in [7, 11) is -4.94. The number of carbonyl (C=O) groups excluding carboxylic acids is 3. The van der Waals surface area contributed by atoms with Gasteiger partial charge in [-0.1, -0.05) is 50.6 Å². The van der Waals surface area contributed by atoms with Crippen molar-refractivity contribution in [3.63, 3.8) is 0 Å². The number of carbonyl (C=O) groups is 3. The van der Waals surface area contributed by atoms with Gasteiger partial charge in [0, 0.05) is 17.3 Å². The third kappa shape index (κ3) is 22.2. The predicted molar refractivity (Wildman–Crippen MR) is 147 cm³/mol. The molecule has 0 aliphatic carbocycles. The number of amides is 1. The Balaban J connectivity index is 0. The predicted octanol–water partition coefficient (Wildman–Crippen LogP) is -1.15. The van der Waals surface area contributed by atoms with Crippen LogP contribution in [0.15, 0.2) is 72.2 Å². The number of benzene rings is 2. The molecule has 0 saturated carbocycles. The van der Waals surface area contributed by atoms with Crippen LogP contribution in [0.25, 0.3) is 32.9 Å². The molecule has 1 aromatic heterocycles. The number of nitrogens with one attached hydrogen (secondary N) is 2. The van der Waals surface area contributed by atoms with E-state index in [2.05, 4.69) is 21.7 Å². The maximum Gasteiger partial charge on any atom is 5.00 e. The molecule has 0 aliphatic rings. The SMILES string of the molecule is CC(=O)/C=C(/C)[O-].CC(=O)/C=C(/C)[O-].[Cr+5].[NH-]CC[N-]CCCNC(=O)c1cccc2cc3ccccc3nc12.[O-][Cl+3]([O-])([O-])[O-]. The summed E-state index contributed by atoms with van der Waals surface area (Å²) >= 11 is 0. The smallest absolute Gasteiger partial charge is 0.876 e. The van der Waals surface area contributed by atoms with Crippen molar-refractivity contribution in [3.05, 3.63) is 88.8 Å². The number of rotatable bonds is 9. The zero-order chi connectivity index (χ0) is 33.0. The van der Waals surface area contributed by atoms with E-state index in [1.165, 1.54) is 27.7 Å². The molecule has 0 atom stereocenters. The van der Waals surface area contributed by atoms with E-state index in [9.17, 15) is 24.6 Å². The molecule has 0 unspecified atom stereocenters. The summed E-state index contributed by atoms with van der Waals surface area (Å²) in [5, 5.41) is 29.1. The van der Waals surface area contributed by atoms with Crippen LogP contribution < -0.4 is 34.2 Å². The molecule has 237 valence electrons. The van der Waals surface area contributed by atoms with Crippen LogP contribution in [0.4, 0.5) is 0 Å². The van der Waals surface area contributed by atoms with Crippen molar-refractivity contribution in [3.8, 4) is 0 Å². The zero-order valence-corrected chi connectivity index (χ0v) is 26.7. The number of para-hydroxylation sites is 2. The van der Waals surface area contributed by atoms with E-state index in [1.54, 1.807) is 0 Å². The van der Waals surface area contributed by atoms with Crippen molar-refractivity contribution in [1.82, 2.24) is 10.3 Å². The second-order valence-corrected chi connectivity index (χ2v) is 9.45. The number of nitrogens with zero attached hydrogens (tertiary/aromatic N) is 2. The van der Waals surface area contributed by atoms with Crippen molar-refractivity contribution in [2.75, 3.05) is 26.2 Å². The Bertz CT molecular complexity index is 1350. The number of fused-ring (bicyclic) bond motifs is 2. The van der Waals surface area contributed by atoms with Crippen molar-refractivity contribution in [2.45, 2.75) is 34.1 Å². The number of allylic oxidation sites excluding steroid dienone is 4. The van der Waals surface area contributed by atoms with Crippen LogP contribution in [-0.4, -0.2) is 48.6 Å². The molecule has 0 bridgehead atoms. The molecule has 0 spiro atoms.